The molecule has 0 saturated heterocycles. The van der Waals surface area contributed by atoms with Crippen LogP contribution in [0.3, 0.4) is 0 Å². The summed E-state index contributed by atoms with van der Waals surface area (Å²) < 4.78 is 13.7. The van der Waals surface area contributed by atoms with Crippen LogP contribution in [0, 0.1) is 17.7 Å². The first-order chi connectivity index (χ1) is 7.59. The molecule has 86 valence electrons. The first-order valence-electron chi connectivity index (χ1n) is 5.55. The Morgan fingerprint density at radius 1 is 1.56 bits per heavy atom. The van der Waals surface area contributed by atoms with Crippen LogP contribution in [0.2, 0.25) is 0 Å². The van der Waals surface area contributed by atoms with Gasteiger partial charge in [0.05, 0.1) is 4.47 Å². The molecule has 1 fully saturated rings. The second-order valence-corrected chi connectivity index (χ2v) is 5.28. The van der Waals surface area contributed by atoms with E-state index in [0.717, 1.165) is 18.4 Å². The van der Waals surface area contributed by atoms with Crippen LogP contribution in [0.4, 0.5) is 4.39 Å². The lowest BCUT2D eigenvalue weighted by molar-refractivity contribution is -0.122. The summed E-state index contributed by atoms with van der Waals surface area (Å²) in [5.41, 5.74) is 0.748. The molecule has 0 heterocycles. The van der Waals surface area contributed by atoms with Crippen molar-refractivity contribution in [2.24, 2.45) is 11.8 Å². The molecule has 1 aromatic carbocycles. The predicted octanol–water partition coefficient (Wildman–Crippen LogP) is 3.75. The van der Waals surface area contributed by atoms with Gasteiger partial charge in [0.15, 0.2) is 0 Å². The Hall–Kier alpha value is -0.700. The van der Waals surface area contributed by atoms with Crippen molar-refractivity contribution in [1.29, 1.82) is 0 Å². The van der Waals surface area contributed by atoms with E-state index in [0.29, 0.717) is 16.8 Å². The monoisotopic (exact) mass is 284 g/mol. The molecular weight excluding hydrogens is 271 g/mol. The van der Waals surface area contributed by atoms with Gasteiger partial charge in [-0.3, -0.25) is 4.79 Å². The maximum absolute atomic E-state index is 13.2. The zero-order valence-corrected chi connectivity index (χ0v) is 10.8. The summed E-state index contributed by atoms with van der Waals surface area (Å²) >= 11 is 3.18. The van der Waals surface area contributed by atoms with Gasteiger partial charge in [0, 0.05) is 12.3 Å². The molecule has 1 aromatic rings. The minimum atomic E-state index is -0.302. The Morgan fingerprint density at radius 3 is 2.88 bits per heavy atom. The topological polar surface area (TPSA) is 17.1 Å². The molecule has 1 aliphatic rings. The molecule has 0 bridgehead atoms. The van der Waals surface area contributed by atoms with Crippen LogP contribution in [0.15, 0.2) is 22.7 Å². The number of benzene rings is 1. The molecule has 0 radical (unpaired) electrons. The van der Waals surface area contributed by atoms with Gasteiger partial charge >= 0.3 is 0 Å². The summed E-state index contributed by atoms with van der Waals surface area (Å²) in [6, 6.07) is 4.83. The summed E-state index contributed by atoms with van der Waals surface area (Å²) in [6.45, 7) is 1.98. The van der Waals surface area contributed by atoms with Crippen LogP contribution < -0.4 is 0 Å². The summed E-state index contributed by atoms with van der Waals surface area (Å²) in [5, 5.41) is 0. The number of rotatable bonds is 4. The first kappa shape index (κ1) is 11.8. The van der Waals surface area contributed by atoms with Gasteiger partial charge < -0.3 is 0 Å². The van der Waals surface area contributed by atoms with Crippen LogP contribution >= 0.6 is 15.9 Å². The highest BCUT2D eigenvalue weighted by molar-refractivity contribution is 9.10. The molecule has 1 aliphatic carbocycles. The number of hydrogen-bond donors (Lipinski definition) is 0. The Balaban J connectivity index is 2.08. The van der Waals surface area contributed by atoms with Gasteiger partial charge in [-0.2, -0.15) is 0 Å². The van der Waals surface area contributed by atoms with Gasteiger partial charge in [0.25, 0.3) is 0 Å². The molecule has 0 N–H and O–H groups in total. The fourth-order valence-corrected chi connectivity index (χ4v) is 2.30. The Labute approximate surface area is 103 Å². The lowest BCUT2D eigenvalue weighted by Gasteiger charge is -2.10. The van der Waals surface area contributed by atoms with Crippen molar-refractivity contribution >= 4 is 21.7 Å². The molecule has 16 heavy (non-hydrogen) atoms. The number of halogens is 2. The fraction of sp³-hybridized carbons (Fsp3) is 0.462. The van der Waals surface area contributed by atoms with Crippen molar-refractivity contribution in [3.8, 4) is 0 Å². The molecule has 0 aliphatic heterocycles. The Kier molecular flexibility index (Phi) is 3.43. The first-order valence-corrected chi connectivity index (χ1v) is 6.34. The second-order valence-electron chi connectivity index (χ2n) is 4.48. The van der Waals surface area contributed by atoms with Crippen molar-refractivity contribution in [1.82, 2.24) is 0 Å². The second kappa shape index (κ2) is 4.66. The molecule has 1 unspecified atom stereocenters. The van der Waals surface area contributed by atoms with E-state index in [1.165, 1.54) is 6.07 Å². The molecule has 0 aromatic heterocycles. The molecular formula is C13H14BrFO. The van der Waals surface area contributed by atoms with Crippen LogP contribution in [0.1, 0.15) is 25.3 Å². The van der Waals surface area contributed by atoms with E-state index in [9.17, 15) is 9.18 Å². The SMILES string of the molecule is CC(C(=O)Cc1cccc(F)c1Br)C1CC1. The number of Topliss-reactive ketones (excluding diaryl/α,β-unsaturated/α-hetero) is 1. The van der Waals surface area contributed by atoms with Gasteiger partial charge in [-0.1, -0.05) is 19.1 Å². The van der Waals surface area contributed by atoms with Crippen LogP contribution in [-0.2, 0) is 11.2 Å². The smallest absolute Gasteiger partial charge is 0.140 e. The van der Waals surface area contributed by atoms with Crippen LogP contribution in [0.5, 0.6) is 0 Å². The third-order valence-electron chi connectivity index (χ3n) is 3.23. The van der Waals surface area contributed by atoms with Gasteiger partial charge in [0.1, 0.15) is 11.6 Å². The van der Waals surface area contributed by atoms with Gasteiger partial charge in [-0.25, -0.2) is 4.39 Å². The standard InChI is InChI=1S/C13H14BrFO/c1-8(9-5-6-9)12(16)7-10-3-2-4-11(15)13(10)14/h2-4,8-9H,5-7H2,1H3. The summed E-state index contributed by atoms with van der Waals surface area (Å²) in [6.07, 6.45) is 2.66. The van der Waals surface area contributed by atoms with Crippen molar-refractivity contribution in [3.05, 3.63) is 34.1 Å². The van der Waals surface area contributed by atoms with Crippen molar-refractivity contribution in [2.75, 3.05) is 0 Å². The normalized spacial score (nSPS) is 17.2. The van der Waals surface area contributed by atoms with Crippen molar-refractivity contribution in [2.45, 2.75) is 26.2 Å². The molecule has 3 heteroatoms. The summed E-state index contributed by atoms with van der Waals surface area (Å²) in [4.78, 5) is 11.9. The van der Waals surface area contributed by atoms with E-state index in [1.807, 2.05) is 6.92 Å². The summed E-state index contributed by atoms with van der Waals surface area (Å²) in [7, 11) is 0. The largest absolute Gasteiger partial charge is 0.299 e. The van der Waals surface area contributed by atoms with Crippen LogP contribution in [0.25, 0.3) is 0 Å². The highest BCUT2D eigenvalue weighted by Crippen LogP contribution is 2.37. The number of hydrogen-bond acceptors (Lipinski definition) is 1. The van der Waals surface area contributed by atoms with Gasteiger partial charge in [-0.05, 0) is 46.3 Å². The number of ketones is 1. The summed E-state index contributed by atoms with van der Waals surface area (Å²) in [5.74, 6) is 0.605. The minimum absolute atomic E-state index is 0.121. The maximum Gasteiger partial charge on any atom is 0.140 e. The van der Waals surface area contributed by atoms with E-state index in [2.05, 4.69) is 15.9 Å². The fourth-order valence-electron chi connectivity index (χ4n) is 1.89. The number of carbonyl (C=O) groups is 1. The van der Waals surface area contributed by atoms with E-state index in [4.69, 9.17) is 0 Å². The molecule has 1 nitrogen and oxygen atoms in total. The van der Waals surface area contributed by atoms with E-state index < -0.39 is 0 Å². The minimum Gasteiger partial charge on any atom is -0.299 e. The van der Waals surface area contributed by atoms with Crippen molar-refractivity contribution < 1.29 is 9.18 Å². The predicted molar refractivity (Wildman–Crippen MR) is 64.7 cm³/mol. The molecule has 2 rings (SSSR count). The van der Waals surface area contributed by atoms with E-state index in [-0.39, 0.29) is 17.5 Å². The lowest BCUT2D eigenvalue weighted by atomic mass is 9.95. The van der Waals surface area contributed by atoms with Gasteiger partial charge in [-0.15, -0.1) is 0 Å². The van der Waals surface area contributed by atoms with Gasteiger partial charge in [0.2, 0.25) is 0 Å². The van der Waals surface area contributed by atoms with Crippen LogP contribution in [-0.4, -0.2) is 5.78 Å². The number of carbonyl (C=O) groups excluding carboxylic acids is 1. The van der Waals surface area contributed by atoms with E-state index >= 15 is 0 Å². The highest BCUT2D eigenvalue weighted by Gasteiger charge is 2.32. The average Bonchev–Trinajstić information content (AvgIpc) is 3.07. The maximum atomic E-state index is 13.2. The quantitative estimate of drug-likeness (QED) is 0.823. The lowest BCUT2D eigenvalue weighted by Crippen LogP contribution is -2.15. The average molecular weight is 285 g/mol. The highest BCUT2D eigenvalue weighted by atomic mass is 79.9. The third-order valence-corrected chi connectivity index (χ3v) is 4.12. The third kappa shape index (κ3) is 2.51. The van der Waals surface area contributed by atoms with Crippen molar-refractivity contribution in [3.63, 3.8) is 0 Å². The Bertz CT molecular complexity index is 412. The van der Waals surface area contributed by atoms with E-state index in [1.54, 1.807) is 12.1 Å². The zero-order valence-electron chi connectivity index (χ0n) is 9.17. The molecule has 0 amide bonds. The molecule has 1 atom stereocenters. The zero-order chi connectivity index (χ0) is 11.7. The molecule has 0 spiro atoms. The Morgan fingerprint density at radius 2 is 2.25 bits per heavy atom. The molecule has 1 saturated carbocycles.